The van der Waals surface area contributed by atoms with E-state index >= 15 is 0 Å². The van der Waals surface area contributed by atoms with Crippen LogP contribution in [0.1, 0.15) is 10.4 Å². The van der Waals surface area contributed by atoms with E-state index in [1.807, 2.05) is 24.3 Å². The summed E-state index contributed by atoms with van der Waals surface area (Å²) in [6.07, 6.45) is 1.65. The molecule has 3 aromatic rings. The first-order chi connectivity index (χ1) is 10.2. The van der Waals surface area contributed by atoms with Gasteiger partial charge < -0.3 is 11.1 Å². The van der Waals surface area contributed by atoms with Crippen molar-refractivity contribution in [2.24, 2.45) is 0 Å². The molecule has 0 fully saturated rings. The van der Waals surface area contributed by atoms with E-state index in [4.69, 9.17) is 5.73 Å². The summed E-state index contributed by atoms with van der Waals surface area (Å²) in [5.74, 6) is -1.08. The van der Waals surface area contributed by atoms with E-state index in [-0.39, 0.29) is 11.3 Å². The number of nitrogens with two attached hydrogens (primary N) is 1. The minimum Gasteiger partial charge on any atom is -0.396 e. The molecule has 1 amide bonds. The van der Waals surface area contributed by atoms with Crippen molar-refractivity contribution in [1.29, 1.82) is 0 Å². The molecule has 4 nitrogen and oxygen atoms in total. The van der Waals surface area contributed by atoms with Crippen molar-refractivity contribution >= 4 is 28.2 Å². The van der Waals surface area contributed by atoms with Crippen molar-refractivity contribution in [1.82, 2.24) is 4.98 Å². The lowest BCUT2D eigenvalue weighted by atomic mass is 10.1. The Kier molecular flexibility index (Phi) is 3.23. The molecule has 1 aromatic heterocycles. The zero-order chi connectivity index (χ0) is 14.8. The Morgan fingerprint density at radius 2 is 1.86 bits per heavy atom. The van der Waals surface area contributed by atoms with Gasteiger partial charge in [0.1, 0.15) is 5.82 Å². The summed E-state index contributed by atoms with van der Waals surface area (Å²) in [5.41, 5.74) is 6.76. The Bertz CT molecular complexity index is 827. The van der Waals surface area contributed by atoms with Gasteiger partial charge in [0.2, 0.25) is 0 Å². The number of nitrogen functional groups attached to an aromatic ring is 1. The van der Waals surface area contributed by atoms with Crippen LogP contribution in [-0.4, -0.2) is 10.9 Å². The summed E-state index contributed by atoms with van der Waals surface area (Å²) in [5, 5.41) is 3.63. The zero-order valence-electron chi connectivity index (χ0n) is 11.0. The second kappa shape index (κ2) is 5.20. The van der Waals surface area contributed by atoms with Gasteiger partial charge in [-0.15, -0.1) is 0 Å². The quantitative estimate of drug-likeness (QED) is 0.709. The number of amides is 1. The molecule has 0 unspecified atom stereocenters. The normalized spacial score (nSPS) is 10.5. The van der Waals surface area contributed by atoms with Gasteiger partial charge in [-0.1, -0.05) is 24.3 Å². The molecule has 0 aliphatic heterocycles. The lowest BCUT2D eigenvalue weighted by Gasteiger charge is -2.09. The highest BCUT2D eigenvalue weighted by atomic mass is 19.1. The van der Waals surface area contributed by atoms with Gasteiger partial charge >= 0.3 is 0 Å². The van der Waals surface area contributed by atoms with Gasteiger partial charge in [-0.2, -0.15) is 0 Å². The summed E-state index contributed by atoms with van der Waals surface area (Å²) in [7, 11) is 0. The Hall–Kier alpha value is -2.95. The Morgan fingerprint density at radius 3 is 2.71 bits per heavy atom. The topological polar surface area (TPSA) is 68.0 Å². The van der Waals surface area contributed by atoms with E-state index in [0.717, 1.165) is 5.39 Å². The maximum Gasteiger partial charge on any atom is 0.257 e. The van der Waals surface area contributed by atoms with Crippen LogP contribution in [0.15, 0.2) is 54.7 Å². The lowest BCUT2D eigenvalue weighted by Crippen LogP contribution is -2.15. The van der Waals surface area contributed by atoms with E-state index in [1.165, 1.54) is 18.2 Å². The first kappa shape index (κ1) is 13.1. The number of carbonyl (C=O) groups excluding carboxylic acids is 1. The van der Waals surface area contributed by atoms with Gasteiger partial charge in [0.05, 0.1) is 22.5 Å². The number of nitrogens with one attached hydrogen (secondary N) is 1. The van der Waals surface area contributed by atoms with Crippen molar-refractivity contribution in [2.45, 2.75) is 0 Å². The van der Waals surface area contributed by atoms with Crippen LogP contribution in [0.5, 0.6) is 0 Å². The fourth-order valence-corrected chi connectivity index (χ4v) is 2.13. The van der Waals surface area contributed by atoms with Crippen LogP contribution in [0.3, 0.4) is 0 Å². The molecule has 0 saturated heterocycles. The van der Waals surface area contributed by atoms with Crippen LogP contribution in [-0.2, 0) is 0 Å². The van der Waals surface area contributed by atoms with Crippen LogP contribution < -0.4 is 11.1 Å². The van der Waals surface area contributed by atoms with Crippen molar-refractivity contribution in [2.75, 3.05) is 11.1 Å². The van der Waals surface area contributed by atoms with Gasteiger partial charge in [-0.3, -0.25) is 9.78 Å². The first-order valence-corrected chi connectivity index (χ1v) is 6.36. The molecule has 1 heterocycles. The van der Waals surface area contributed by atoms with E-state index in [0.29, 0.717) is 11.2 Å². The number of pyridine rings is 1. The summed E-state index contributed by atoms with van der Waals surface area (Å²) >= 11 is 0. The van der Waals surface area contributed by atoms with E-state index in [9.17, 15) is 9.18 Å². The molecule has 3 N–H and O–H groups in total. The monoisotopic (exact) mass is 281 g/mol. The van der Waals surface area contributed by atoms with Crippen molar-refractivity contribution in [3.63, 3.8) is 0 Å². The molecule has 3 rings (SSSR count). The molecule has 0 bridgehead atoms. The van der Waals surface area contributed by atoms with Gasteiger partial charge in [0.25, 0.3) is 5.91 Å². The lowest BCUT2D eigenvalue weighted by molar-refractivity contribution is 0.102. The fourth-order valence-electron chi connectivity index (χ4n) is 2.13. The number of anilines is 2. The number of halogens is 1. The van der Waals surface area contributed by atoms with Crippen LogP contribution in [0.2, 0.25) is 0 Å². The highest BCUT2D eigenvalue weighted by molar-refractivity contribution is 6.10. The first-order valence-electron chi connectivity index (χ1n) is 6.36. The number of fused-ring (bicyclic) bond motifs is 1. The molecule has 0 aliphatic rings. The van der Waals surface area contributed by atoms with Crippen molar-refractivity contribution < 1.29 is 9.18 Å². The second-order valence-corrected chi connectivity index (χ2v) is 4.54. The predicted molar refractivity (Wildman–Crippen MR) is 80.5 cm³/mol. The number of hydrogen-bond acceptors (Lipinski definition) is 3. The average molecular weight is 281 g/mol. The Labute approximate surface area is 120 Å². The molecule has 104 valence electrons. The van der Waals surface area contributed by atoms with Gasteiger partial charge in [-0.25, -0.2) is 4.39 Å². The van der Waals surface area contributed by atoms with E-state index in [1.54, 1.807) is 12.3 Å². The molecule has 21 heavy (non-hydrogen) atoms. The maximum absolute atomic E-state index is 13.4. The van der Waals surface area contributed by atoms with Crippen LogP contribution in [0.4, 0.5) is 15.8 Å². The van der Waals surface area contributed by atoms with Gasteiger partial charge in [0, 0.05) is 11.6 Å². The smallest absolute Gasteiger partial charge is 0.257 e. The number of carbonyl (C=O) groups is 1. The molecular formula is C16H12FN3O. The summed E-state index contributed by atoms with van der Waals surface area (Å²) in [6.45, 7) is 0. The number of benzene rings is 2. The fraction of sp³-hybridized carbons (Fsp3) is 0. The van der Waals surface area contributed by atoms with Crippen LogP contribution in [0.25, 0.3) is 10.9 Å². The molecule has 5 heteroatoms. The molecular weight excluding hydrogens is 269 g/mol. The molecule has 0 saturated carbocycles. The van der Waals surface area contributed by atoms with Gasteiger partial charge in [-0.05, 0) is 24.3 Å². The third kappa shape index (κ3) is 2.41. The van der Waals surface area contributed by atoms with Crippen molar-refractivity contribution in [3.8, 4) is 0 Å². The Morgan fingerprint density at radius 1 is 1.10 bits per heavy atom. The highest BCUT2D eigenvalue weighted by Gasteiger charge is 2.14. The zero-order valence-corrected chi connectivity index (χ0v) is 11.0. The maximum atomic E-state index is 13.4. The molecule has 0 radical (unpaired) electrons. The SMILES string of the molecule is Nc1c(F)cccc1C(=O)Nc1cccc2cccnc12. The molecule has 0 aliphatic carbocycles. The molecule has 2 aromatic carbocycles. The predicted octanol–water partition coefficient (Wildman–Crippen LogP) is 3.21. The number of nitrogens with zero attached hydrogens (tertiary/aromatic N) is 1. The van der Waals surface area contributed by atoms with Crippen LogP contribution >= 0.6 is 0 Å². The molecule has 0 atom stereocenters. The molecule has 0 spiro atoms. The van der Waals surface area contributed by atoms with Crippen molar-refractivity contribution in [3.05, 3.63) is 66.1 Å². The minimum absolute atomic E-state index is 0.0999. The third-order valence-electron chi connectivity index (χ3n) is 3.18. The summed E-state index contributed by atoms with van der Waals surface area (Å²) < 4.78 is 13.4. The number of para-hydroxylation sites is 2. The Balaban J connectivity index is 1.99. The van der Waals surface area contributed by atoms with Crippen LogP contribution in [0, 0.1) is 5.82 Å². The third-order valence-corrected chi connectivity index (χ3v) is 3.18. The highest BCUT2D eigenvalue weighted by Crippen LogP contribution is 2.23. The number of aromatic nitrogens is 1. The summed E-state index contributed by atoms with van der Waals surface area (Å²) in [4.78, 5) is 16.5. The summed E-state index contributed by atoms with van der Waals surface area (Å²) in [6, 6.07) is 13.3. The minimum atomic E-state index is -0.612. The average Bonchev–Trinajstić information content (AvgIpc) is 2.50. The van der Waals surface area contributed by atoms with Gasteiger partial charge in [0.15, 0.2) is 0 Å². The number of hydrogen-bond donors (Lipinski definition) is 2. The standard InChI is InChI=1S/C16H12FN3O/c17-12-7-2-6-11(14(12)18)16(21)20-13-8-1-4-10-5-3-9-19-15(10)13/h1-9H,18H2,(H,20,21). The largest absolute Gasteiger partial charge is 0.396 e. The van der Waals surface area contributed by atoms with E-state index in [2.05, 4.69) is 10.3 Å². The van der Waals surface area contributed by atoms with E-state index < -0.39 is 11.7 Å². The second-order valence-electron chi connectivity index (χ2n) is 4.54. The number of rotatable bonds is 2.